The lowest BCUT2D eigenvalue weighted by molar-refractivity contribution is 0.402. The number of rotatable bonds is 6. The molecular weight excluding hydrogens is 390 g/mol. The monoisotopic (exact) mass is 413 g/mol. The van der Waals surface area contributed by atoms with E-state index in [4.69, 9.17) is 4.98 Å². The van der Waals surface area contributed by atoms with Gasteiger partial charge in [0, 0.05) is 25.0 Å². The molecule has 1 fully saturated rings. The Hall–Kier alpha value is -2.22. The van der Waals surface area contributed by atoms with Crippen molar-refractivity contribution in [2.75, 3.05) is 24.5 Å². The van der Waals surface area contributed by atoms with Crippen molar-refractivity contribution in [2.45, 2.75) is 12.8 Å². The Morgan fingerprint density at radius 1 is 1.07 bits per heavy atom. The predicted molar refractivity (Wildman–Crippen MR) is 117 cm³/mol. The van der Waals surface area contributed by atoms with E-state index in [0.717, 1.165) is 42.1 Å². The van der Waals surface area contributed by atoms with Crippen molar-refractivity contribution in [3.8, 4) is 0 Å². The van der Waals surface area contributed by atoms with Gasteiger partial charge in [-0.1, -0.05) is 53.8 Å². The molecule has 7 heteroatoms. The van der Waals surface area contributed by atoms with Crippen molar-refractivity contribution in [2.24, 2.45) is 5.92 Å². The van der Waals surface area contributed by atoms with Gasteiger partial charge < -0.3 is 4.90 Å². The zero-order valence-electron chi connectivity index (χ0n) is 15.5. The number of sulfonamides is 1. The van der Waals surface area contributed by atoms with Crippen LogP contribution in [0.5, 0.6) is 0 Å². The Labute approximate surface area is 169 Å². The molecule has 0 unspecified atom stereocenters. The van der Waals surface area contributed by atoms with Crippen LogP contribution in [0.1, 0.15) is 18.4 Å². The summed E-state index contributed by atoms with van der Waals surface area (Å²) in [5.41, 5.74) is 1.92. The third-order valence-electron chi connectivity index (χ3n) is 4.98. The average Bonchev–Trinajstić information content (AvgIpc) is 3.16. The maximum atomic E-state index is 12.2. The van der Waals surface area contributed by atoms with Crippen LogP contribution in [0, 0.1) is 5.92 Å². The molecule has 2 aromatic carbocycles. The number of fused-ring (bicyclic) bond motifs is 1. The van der Waals surface area contributed by atoms with Crippen molar-refractivity contribution < 1.29 is 8.42 Å². The molecule has 4 rings (SSSR count). The summed E-state index contributed by atoms with van der Waals surface area (Å²) in [7, 11) is -3.42. The molecule has 2 heterocycles. The molecule has 1 saturated heterocycles. The quantitative estimate of drug-likeness (QED) is 0.661. The van der Waals surface area contributed by atoms with Crippen LogP contribution in [0.4, 0.5) is 5.13 Å². The number of aromatic nitrogens is 1. The van der Waals surface area contributed by atoms with E-state index in [1.165, 1.54) is 10.1 Å². The van der Waals surface area contributed by atoms with Gasteiger partial charge in [-0.15, -0.1) is 0 Å². The molecule has 1 N–H and O–H groups in total. The van der Waals surface area contributed by atoms with Gasteiger partial charge in [-0.25, -0.2) is 18.1 Å². The molecule has 0 spiro atoms. The molecule has 0 aliphatic carbocycles. The zero-order chi connectivity index (χ0) is 19.4. The number of anilines is 1. The number of nitrogens with one attached hydrogen (secondary N) is 1. The van der Waals surface area contributed by atoms with E-state index in [2.05, 4.69) is 15.7 Å². The maximum absolute atomic E-state index is 12.2. The van der Waals surface area contributed by atoms with Crippen LogP contribution in [0.3, 0.4) is 0 Å². The van der Waals surface area contributed by atoms with Crippen LogP contribution < -0.4 is 9.62 Å². The lowest BCUT2D eigenvalue weighted by Gasteiger charge is -2.31. The van der Waals surface area contributed by atoms with Crippen LogP contribution in [0.2, 0.25) is 0 Å². The Bertz CT molecular complexity index is 1020. The first-order chi connectivity index (χ1) is 13.6. The fourth-order valence-corrected chi connectivity index (χ4v) is 5.26. The van der Waals surface area contributed by atoms with Crippen LogP contribution in [-0.2, 0) is 10.0 Å². The van der Waals surface area contributed by atoms with Gasteiger partial charge in [0.15, 0.2) is 5.13 Å². The highest BCUT2D eigenvalue weighted by Crippen LogP contribution is 2.31. The highest BCUT2D eigenvalue weighted by atomic mass is 32.2. The number of nitrogens with zero attached hydrogens (tertiary/aromatic N) is 2. The second-order valence-electron chi connectivity index (χ2n) is 7.00. The van der Waals surface area contributed by atoms with Gasteiger partial charge in [-0.05, 0) is 42.5 Å². The van der Waals surface area contributed by atoms with E-state index < -0.39 is 10.0 Å². The molecule has 1 aliphatic rings. The average molecular weight is 414 g/mol. The van der Waals surface area contributed by atoms with Crippen molar-refractivity contribution in [1.29, 1.82) is 0 Å². The van der Waals surface area contributed by atoms with E-state index in [-0.39, 0.29) is 0 Å². The molecule has 0 atom stereocenters. The minimum atomic E-state index is -3.42. The summed E-state index contributed by atoms with van der Waals surface area (Å²) in [5, 5.41) is 2.31. The molecule has 0 saturated carbocycles. The number of piperidine rings is 1. The summed E-state index contributed by atoms with van der Waals surface area (Å²) in [4.78, 5) is 7.03. The fourth-order valence-electron chi connectivity index (χ4n) is 3.34. The largest absolute Gasteiger partial charge is 0.348 e. The van der Waals surface area contributed by atoms with Gasteiger partial charge in [0.25, 0.3) is 0 Å². The van der Waals surface area contributed by atoms with Gasteiger partial charge in [-0.3, -0.25) is 0 Å². The van der Waals surface area contributed by atoms with Crippen LogP contribution in [-0.4, -0.2) is 33.0 Å². The molecule has 0 amide bonds. The summed E-state index contributed by atoms with van der Waals surface area (Å²) in [6.07, 6.45) is 3.54. The molecule has 3 aromatic rings. The van der Waals surface area contributed by atoms with Crippen molar-refractivity contribution in [3.63, 3.8) is 0 Å². The topological polar surface area (TPSA) is 62.3 Å². The van der Waals surface area contributed by atoms with Gasteiger partial charge in [0.1, 0.15) is 0 Å². The van der Waals surface area contributed by atoms with Crippen LogP contribution >= 0.6 is 11.3 Å². The number of para-hydroxylation sites is 1. The normalized spacial score (nSPS) is 16.2. The van der Waals surface area contributed by atoms with Crippen molar-refractivity contribution in [3.05, 3.63) is 65.6 Å². The summed E-state index contributed by atoms with van der Waals surface area (Å²) in [5.74, 6) is 0.352. The Morgan fingerprint density at radius 2 is 1.79 bits per heavy atom. The molecule has 146 valence electrons. The molecule has 0 radical (unpaired) electrons. The minimum Gasteiger partial charge on any atom is -0.348 e. The van der Waals surface area contributed by atoms with Crippen LogP contribution in [0.15, 0.2) is 60.0 Å². The predicted octanol–water partition coefficient (Wildman–Crippen LogP) is 4.10. The van der Waals surface area contributed by atoms with E-state index in [9.17, 15) is 8.42 Å². The second kappa shape index (κ2) is 8.43. The highest BCUT2D eigenvalue weighted by Gasteiger charge is 2.22. The zero-order valence-corrected chi connectivity index (χ0v) is 17.1. The first kappa shape index (κ1) is 19.1. The van der Waals surface area contributed by atoms with Gasteiger partial charge in [0.2, 0.25) is 10.0 Å². The van der Waals surface area contributed by atoms with Gasteiger partial charge in [-0.2, -0.15) is 0 Å². The third kappa shape index (κ3) is 4.79. The smallest absolute Gasteiger partial charge is 0.233 e. The highest BCUT2D eigenvalue weighted by molar-refractivity contribution is 7.92. The van der Waals surface area contributed by atoms with Crippen LogP contribution in [0.25, 0.3) is 16.3 Å². The van der Waals surface area contributed by atoms with Gasteiger partial charge in [0.05, 0.1) is 10.2 Å². The summed E-state index contributed by atoms with van der Waals surface area (Å²) in [6.45, 7) is 2.30. The molecule has 28 heavy (non-hydrogen) atoms. The van der Waals surface area contributed by atoms with Gasteiger partial charge >= 0.3 is 0 Å². The summed E-state index contributed by atoms with van der Waals surface area (Å²) in [6, 6.07) is 17.6. The SMILES string of the molecule is O=S(=O)(/C=C/c1ccccc1)NCC1CCN(c2nc3ccccc3s2)CC1. The Morgan fingerprint density at radius 3 is 2.54 bits per heavy atom. The van der Waals surface area contributed by atoms with E-state index in [1.54, 1.807) is 17.4 Å². The molecule has 1 aliphatic heterocycles. The van der Waals surface area contributed by atoms with Crippen molar-refractivity contribution >= 4 is 42.8 Å². The summed E-state index contributed by atoms with van der Waals surface area (Å²) >= 11 is 1.72. The Kier molecular flexibility index (Phi) is 5.75. The third-order valence-corrected chi connectivity index (χ3v) is 7.14. The first-order valence-corrected chi connectivity index (χ1v) is 11.8. The Balaban J connectivity index is 1.29. The number of hydrogen-bond donors (Lipinski definition) is 1. The molecule has 1 aromatic heterocycles. The number of hydrogen-bond acceptors (Lipinski definition) is 5. The lowest BCUT2D eigenvalue weighted by Crippen LogP contribution is -2.38. The van der Waals surface area contributed by atoms with E-state index in [1.807, 2.05) is 48.5 Å². The summed E-state index contributed by atoms with van der Waals surface area (Å²) < 4.78 is 28.4. The fraction of sp³-hybridized carbons (Fsp3) is 0.286. The second-order valence-corrected chi connectivity index (χ2v) is 9.66. The maximum Gasteiger partial charge on any atom is 0.233 e. The molecular formula is C21H23N3O2S2. The lowest BCUT2D eigenvalue weighted by atomic mass is 9.97. The first-order valence-electron chi connectivity index (χ1n) is 9.42. The number of thiazole rings is 1. The standard InChI is InChI=1S/C21H23N3O2S2/c25-28(26,15-12-17-6-2-1-3-7-17)22-16-18-10-13-24(14-11-18)21-23-19-8-4-5-9-20(19)27-21/h1-9,12,15,18,22H,10-11,13-14,16H2/b15-12+. The molecule has 5 nitrogen and oxygen atoms in total. The minimum absolute atomic E-state index is 0.352. The van der Waals surface area contributed by atoms with Crippen molar-refractivity contribution in [1.82, 2.24) is 9.71 Å². The molecule has 0 bridgehead atoms. The number of benzene rings is 2. The van der Waals surface area contributed by atoms with E-state index in [0.29, 0.717) is 12.5 Å². The van der Waals surface area contributed by atoms with E-state index >= 15 is 0 Å².